The third kappa shape index (κ3) is 7.23. The maximum absolute atomic E-state index is 9.79. The Labute approximate surface area is 348 Å². The largest absolute Gasteiger partial charge is 0.508 e. The van der Waals surface area contributed by atoms with Gasteiger partial charge in [0.1, 0.15) is 29.8 Å². The Balaban J connectivity index is 0.925. The predicted molar refractivity (Wildman–Crippen MR) is 231 cm³/mol. The number of aromatic nitrogens is 11. The molecule has 10 rings (SSSR count). The molecule has 2 fully saturated rings. The van der Waals surface area contributed by atoms with Crippen molar-refractivity contribution in [2.45, 2.75) is 6.92 Å². The lowest BCUT2D eigenvalue weighted by atomic mass is 10.2. The van der Waals surface area contributed by atoms with Crippen LogP contribution in [-0.4, -0.2) is 123 Å². The van der Waals surface area contributed by atoms with Crippen molar-refractivity contribution in [1.29, 1.82) is 0 Å². The Bertz CT molecular complexity index is 2820. The van der Waals surface area contributed by atoms with Crippen LogP contribution in [0.25, 0.3) is 33.7 Å². The number of phenols is 2. The molecule has 20 heteroatoms. The van der Waals surface area contributed by atoms with Crippen LogP contribution >= 0.6 is 0 Å². The third-order valence-corrected chi connectivity index (χ3v) is 10.8. The van der Waals surface area contributed by atoms with E-state index in [1.165, 1.54) is 0 Å². The average molecular weight is 820 g/mol. The lowest BCUT2D eigenvalue weighted by Crippen LogP contribution is -2.47. The number of nitrogens with one attached hydrogen (secondary N) is 1. The smallest absolute Gasteiger partial charge is 0.238 e. The summed E-state index contributed by atoms with van der Waals surface area (Å²) < 4.78 is 9.51. The highest BCUT2D eigenvalue weighted by atomic mass is 16.5. The summed E-state index contributed by atoms with van der Waals surface area (Å²) in [5, 5.41) is 22.8. The molecule has 308 valence electrons. The van der Waals surface area contributed by atoms with Crippen LogP contribution in [0.15, 0.2) is 91.9 Å². The first-order chi connectivity index (χ1) is 29.9. The number of phenolic OH excluding ortho intramolecular Hbond substituents is 2. The van der Waals surface area contributed by atoms with Gasteiger partial charge in [-0.3, -0.25) is 9.13 Å². The van der Waals surface area contributed by atoms with E-state index in [1.807, 2.05) is 47.9 Å². The molecule has 61 heavy (non-hydrogen) atoms. The summed E-state index contributed by atoms with van der Waals surface area (Å²) in [6, 6.07) is 18.2. The molecule has 0 aliphatic carbocycles. The van der Waals surface area contributed by atoms with E-state index in [2.05, 4.69) is 49.8 Å². The fourth-order valence-electron chi connectivity index (χ4n) is 7.62. The Kier molecular flexibility index (Phi) is 9.54. The quantitative estimate of drug-likeness (QED) is 0.153. The molecule has 2 aliphatic rings. The van der Waals surface area contributed by atoms with Gasteiger partial charge >= 0.3 is 0 Å². The van der Waals surface area contributed by atoms with E-state index in [9.17, 15) is 10.2 Å². The first-order valence-corrected chi connectivity index (χ1v) is 19.9. The van der Waals surface area contributed by atoms with Crippen LogP contribution in [0.4, 0.5) is 40.9 Å². The number of hydrogen-bond donors (Lipinski definition) is 4. The zero-order valence-corrected chi connectivity index (χ0v) is 33.1. The fraction of sp³-hybridized carbons (Fsp3) is 0.244. The van der Waals surface area contributed by atoms with E-state index >= 15 is 0 Å². The van der Waals surface area contributed by atoms with Crippen LogP contribution in [0.1, 0.15) is 6.92 Å². The monoisotopic (exact) mass is 819 g/mol. The van der Waals surface area contributed by atoms with E-state index in [-0.39, 0.29) is 17.3 Å². The van der Waals surface area contributed by atoms with Crippen LogP contribution in [0.2, 0.25) is 0 Å². The summed E-state index contributed by atoms with van der Waals surface area (Å²) in [5.74, 6) is 2.97. The lowest BCUT2D eigenvalue weighted by molar-refractivity contribution is 0.326. The summed E-state index contributed by atoms with van der Waals surface area (Å²) in [4.78, 5) is 51.4. The van der Waals surface area contributed by atoms with E-state index in [1.54, 1.807) is 60.1 Å². The van der Waals surface area contributed by atoms with Gasteiger partial charge in [0.15, 0.2) is 34.0 Å². The number of pyridine rings is 1. The fourth-order valence-corrected chi connectivity index (χ4v) is 7.62. The minimum absolute atomic E-state index is 0.235. The maximum atomic E-state index is 9.79. The Hall–Kier alpha value is -8.03. The number of piperazine rings is 2. The van der Waals surface area contributed by atoms with E-state index < -0.39 is 0 Å². The molecular formula is C41H41N17O3. The number of fused-ring (bicyclic) bond motifs is 2. The number of ether oxygens (including phenoxy) is 1. The molecule has 8 heterocycles. The highest BCUT2D eigenvalue weighted by Gasteiger charge is 2.25. The number of hydrogen-bond acceptors (Lipinski definition) is 18. The van der Waals surface area contributed by atoms with Crippen LogP contribution in [0, 0.1) is 0 Å². The van der Waals surface area contributed by atoms with Gasteiger partial charge in [-0.1, -0.05) is 0 Å². The second-order valence-corrected chi connectivity index (χ2v) is 14.5. The summed E-state index contributed by atoms with van der Waals surface area (Å²) in [5.41, 5.74) is 11.9. The number of rotatable bonds is 10. The molecule has 0 spiro atoms. The SMILES string of the molecule is CCOc1ncccc1-n1cnc2c(Nc3ncc(-n4cnc5c(N)nc(N6CCN(c7ccc(O)cc7)CC6)nc54)cn3)nc(N3CCN(c4ccc(O)cc4)CC3)nc21. The lowest BCUT2D eigenvalue weighted by Gasteiger charge is -2.36. The van der Waals surface area contributed by atoms with Crippen molar-refractivity contribution in [3.63, 3.8) is 0 Å². The molecule has 0 radical (unpaired) electrons. The molecule has 2 aliphatic heterocycles. The first-order valence-electron chi connectivity index (χ1n) is 19.9. The minimum Gasteiger partial charge on any atom is -0.508 e. The normalized spacial score (nSPS) is 14.6. The molecule has 0 amide bonds. The van der Waals surface area contributed by atoms with Gasteiger partial charge in [-0.15, -0.1) is 0 Å². The Morgan fingerprint density at radius 3 is 1.75 bits per heavy atom. The van der Waals surface area contributed by atoms with Gasteiger partial charge in [0, 0.05) is 69.9 Å². The molecule has 0 unspecified atom stereocenters. The minimum atomic E-state index is 0.235. The number of nitrogens with two attached hydrogens (primary N) is 1. The number of anilines is 7. The number of aromatic hydroxyl groups is 2. The standard InChI is InChI=1S/C41H41N17O3/c1-2-61-38-31(4-3-13-43-38)58-25-47-33-35(50-41(52-37(33)58)56-20-16-54(17-21-56)27-7-11-30(60)12-8-27)49-39-44-22-28(23-45-39)57-24-46-32-34(42)48-40(51-36(32)57)55-18-14-53(15-19-55)26-5-9-29(59)10-6-26/h3-13,22-25,59-60H,2,14-21H2,1H3,(H2,42,48,51)(H,44,45,49,50,52). The molecule has 0 atom stereocenters. The summed E-state index contributed by atoms with van der Waals surface area (Å²) in [6.45, 7) is 8.02. The van der Waals surface area contributed by atoms with Crippen molar-refractivity contribution in [2.24, 2.45) is 0 Å². The zero-order valence-electron chi connectivity index (χ0n) is 33.1. The second-order valence-electron chi connectivity index (χ2n) is 14.5. The van der Waals surface area contributed by atoms with Crippen molar-refractivity contribution in [2.75, 3.05) is 89.6 Å². The topological polar surface area (TPSA) is 227 Å². The highest BCUT2D eigenvalue weighted by molar-refractivity contribution is 5.87. The highest BCUT2D eigenvalue weighted by Crippen LogP contribution is 2.31. The molecule has 2 saturated heterocycles. The van der Waals surface area contributed by atoms with Crippen molar-refractivity contribution < 1.29 is 14.9 Å². The first kappa shape index (κ1) is 37.3. The number of imidazole rings is 2. The molecule has 2 aromatic carbocycles. The molecule has 5 N–H and O–H groups in total. The summed E-state index contributed by atoms with van der Waals surface area (Å²) in [7, 11) is 0. The maximum Gasteiger partial charge on any atom is 0.238 e. The van der Waals surface area contributed by atoms with Crippen molar-refractivity contribution in [3.05, 3.63) is 91.9 Å². The van der Waals surface area contributed by atoms with Gasteiger partial charge in [-0.2, -0.15) is 19.9 Å². The predicted octanol–water partition coefficient (Wildman–Crippen LogP) is 3.92. The molecular weight excluding hydrogens is 779 g/mol. The van der Waals surface area contributed by atoms with Gasteiger partial charge in [-0.05, 0) is 67.6 Å². The van der Waals surface area contributed by atoms with Gasteiger partial charge in [0.25, 0.3) is 0 Å². The second kappa shape index (κ2) is 15.6. The van der Waals surface area contributed by atoms with Gasteiger partial charge in [0.05, 0.1) is 24.7 Å². The van der Waals surface area contributed by atoms with Gasteiger partial charge in [0.2, 0.25) is 23.7 Å². The molecule has 20 nitrogen and oxygen atoms in total. The van der Waals surface area contributed by atoms with Crippen LogP contribution < -0.4 is 35.4 Å². The summed E-state index contributed by atoms with van der Waals surface area (Å²) >= 11 is 0. The zero-order chi connectivity index (χ0) is 41.5. The third-order valence-electron chi connectivity index (χ3n) is 10.8. The van der Waals surface area contributed by atoms with Gasteiger partial charge < -0.3 is 45.6 Å². The molecule has 8 aromatic rings. The summed E-state index contributed by atoms with van der Waals surface area (Å²) in [6.07, 6.45) is 8.36. The van der Waals surface area contributed by atoms with Crippen LogP contribution in [0.5, 0.6) is 17.4 Å². The Morgan fingerprint density at radius 2 is 1.15 bits per heavy atom. The molecule has 0 saturated carbocycles. The van der Waals surface area contributed by atoms with Crippen molar-refractivity contribution >= 4 is 63.2 Å². The number of nitrogen functional groups attached to an aromatic ring is 1. The van der Waals surface area contributed by atoms with Crippen molar-refractivity contribution in [1.82, 2.24) is 54.0 Å². The van der Waals surface area contributed by atoms with Crippen LogP contribution in [0.3, 0.4) is 0 Å². The number of nitrogens with zero attached hydrogens (tertiary/aromatic N) is 15. The van der Waals surface area contributed by atoms with Crippen molar-refractivity contribution in [3.8, 4) is 28.8 Å². The van der Waals surface area contributed by atoms with E-state index in [4.69, 9.17) is 30.4 Å². The van der Waals surface area contributed by atoms with Gasteiger partial charge in [-0.25, -0.2) is 24.9 Å². The van der Waals surface area contributed by atoms with Crippen LogP contribution in [-0.2, 0) is 0 Å². The molecule has 0 bridgehead atoms. The average Bonchev–Trinajstić information content (AvgIpc) is 3.93. The van der Waals surface area contributed by atoms with E-state index in [0.717, 1.165) is 37.6 Å². The number of benzene rings is 2. The Morgan fingerprint density at radius 1 is 0.607 bits per heavy atom. The molecule has 6 aromatic heterocycles. The van der Waals surface area contributed by atoms with E-state index in [0.29, 0.717) is 96.0 Å².